The van der Waals surface area contributed by atoms with Crippen molar-refractivity contribution in [3.8, 4) is 0 Å². The first-order valence-corrected chi connectivity index (χ1v) is 10.0. The fraction of sp³-hybridized carbons (Fsp3) is 0.304. The number of carbonyl (C=O) groups excluding carboxylic acids is 2. The van der Waals surface area contributed by atoms with Gasteiger partial charge in [-0.2, -0.15) is 0 Å². The number of benzene rings is 2. The van der Waals surface area contributed by atoms with Crippen LogP contribution in [0.5, 0.6) is 0 Å². The molecule has 6 nitrogen and oxygen atoms in total. The maximum atomic E-state index is 13.0. The summed E-state index contributed by atoms with van der Waals surface area (Å²) in [7, 11) is 0. The van der Waals surface area contributed by atoms with Crippen molar-refractivity contribution >= 4 is 22.8 Å². The highest BCUT2D eigenvalue weighted by Crippen LogP contribution is 2.19. The first kappa shape index (κ1) is 19.9. The van der Waals surface area contributed by atoms with Crippen LogP contribution in [0.1, 0.15) is 44.9 Å². The molecule has 1 fully saturated rings. The Labute approximate surface area is 174 Å². The Morgan fingerprint density at radius 2 is 1.53 bits per heavy atom. The van der Waals surface area contributed by atoms with Gasteiger partial charge in [0, 0.05) is 30.3 Å². The largest absolute Gasteiger partial charge is 0.349 e. The summed E-state index contributed by atoms with van der Waals surface area (Å²) in [5.41, 5.74) is 4.24. The molecule has 7 heteroatoms. The molecule has 0 bridgehead atoms. The number of aryl methyl sites for hydroxylation is 2. The number of piperidine rings is 1. The van der Waals surface area contributed by atoms with Crippen molar-refractivity contribution in [2.24, 2.45) is 0 Å². The summed E-state index contributed by atoms with van der Waals surface area (Å²) in [6.07, 6.45) is 1.34. The molecule has 0 atom stereocenters. The first-order valence-electron chi connectivity index (χ1n) is 10.0. The number of amides is 2. The van der Waals surface area contributed by atoms with E-state index in [2.05, 4.69) is 15.3 Å². The lowest BCUT2D eigenvalue weighted by Crippen LogP contribution is -2.46. The SMILES string of the molecule is Cc1nc2ccc(C(=O)N3CCC(NC(=O)c4ccc(F)cc4)CC3)cc2nc1C. The van der Waals surface area contributed by atoms with Crippen LogP contribution < -0.4 is 5.32 Å². The number of halogens is 1. The summed E-state index contributed by atoms with van der Waals surface area (Å²) >= 11 is 0. The molecule has 154 valence electrons. The molecule has 1 aromatic heterocycles. The highest BCUT2D eigenvalue weighted by atomic mass is 19.1. The predicted octanol–water partition coefficient (Wildman–Crippen LogP) is 3.42. The highest BCUT2D eigenvalue weighted by Gasteiger charge is 2.25. The Kier molecular flexibility index (Phi) is 5.44. The molecule has 1 aliphatic rings. The molecule has 2 amide bonds. The van der Waals surface area contributed by atoms with E-state index in [1.54, 1.807) is 17.0 Å². The Bertz CT molecular complexity index is 1110. The third-order valence-electron chi connectivity index (χ3n) is 5.55. The maximum Gasteiger partial charge on any atom is 0.253 e. The van der Waals surface area contributed by atoms with Gasteiger partial charge in [-0.3, -0.25) is 9.59 Å². The van der Waals surface area contributed by atoms with Crippen LogP contribution in [-0.2, 0) is 0 Å². The number of fused-ring (bicyclic) bond motifs is 1. The van der Waals surface area contributed by atoms with Crippen LogP contribution in [0.4, 0.5) is 4.39 Å². The zero-order valence-electron chi connectivity index (χ0n) is 17.0. The molecule has 0 radical (unpaired) electrons. The molecule has 30 heavy (non-hydrogen) atoms. The highest BCUT2D eigenvalue weighted by molar-refractivity contribution is 5.97. The average molecular weight is 406 g/mol. The summed E-state index contributed by atoms with van der Waals surface area (Å²) in [5, 5.41) is 2.97. The van der Waals surface area contributed by atoms with E-state index < -0.39 is 0 Å². The molecule has 3 aromatic rings. The lowest BCUT2D eigenvalue weighted by atomic mass is 10.0. The normalized spacial score (nSPS) is 14.7. The van der Waals surface area contributed by atoms with Gasteiger partial charge in [-0.25, -0.2) is 14.4 Å². The van der Waals surface area contributed by atoms with E-state index in [4.69, 9.17) is 0 Å². The van der Waals surface area contributed by atoms with Gasteiger partial charge in [-0.05, 0) is 69.2 Å². The molecular weight excluding hydrogens is 383 g/mol. The van der Waals surface area contributed by atoms with Crippen LogP contribution in [0.25, 0.3) is 11.0 Å². The summed E-state index contributed by atoms with van der Waals surface area (Å²) in [6.45, 7) is 4.94. The molecule has 0 aliphatic carbocycles. The van der Waals surface area contributed by atoms with Crippen molar-refractivity contribution in [3.63, 3.8) is 0 Å². The number of likely N-dealkylation sites (tertiary alicyclic amines) is 1. The van der Waals surface area contributed by atoms with Gasteiger partial charge in [0.15, 0.2) is 0 Å². The lowest BCUT2D eigenvalue weighted by molar-refractivity contribution is 0.0698. The summed E-state index contributed by atoms with van der Waals surface area (Å²) in [6, 6.07) is 10.9. The zero-order chi connectivity index (χ0) is 21.3. The van der Waals surface area contributed by atoms with E-state index >= 15 is 0 Å². The van der Waals surface area contributed by atoms with Crippen LogP contribution in [0.15, 0.2) is 42.5 Å². The molecule has 2 heterocycles. The van der Waals surface area contributed by atoms with Crippen molar-refractivity contribution in [2.75, 3.05) is 13.1 Å². The van der Waals surface area contributed by atoms with E-state index in [0.717, 1.165) is 16.9 Å². The van der Waals surface area contributed by atoms with Crippen LogP contribution in [-0.4, -0.2) is 45.8 Å². The monoisotopic (exact) mass is 406 g/mol. The number of rotatable bonds is 3. The number of nitrogens with one attached hydrogen (secondary N) is 1. The van der Waals surface area contributed by atoms with E-state index in [-0.39, 0.29) is 23.7 Å². The van der Waals surface area contributed by atoms with Gasteiger partial charge in [0.1, 0.15) is 5.82 Å². The van der Waals surface area contributed by atoms with Crippen molar-refractivity contribution < 1.29 is 14.0 Å². The second kappa shape index (κ2) is 8.18. The number of aromatic nitrogens is 2. The molecule has 1 saturated heterocycles. The Balaban J connectivity index is 1.38. The van der Waals surface area contributed by atoms with Gasteiger partial charge in [0.2, 0.25) is 0 Å². The lowest BCUT2D eigenvalue weighted by Gasteiger charge is -2.32. The van der Waals surface area contributed by atoms with Crippen LogP contribution in [0.2, 0.25) is 0 Å². The van der Waals surface area contributed by atoms with Gasteiger partial charge in [-0.1, -0.05) is 0 Å². The van der Waals surface area contributed by atoms with Crippen LogP contribution >= 0.6 is 0 Å². The quantitative estimate of drug-likeness (QED) is 0.723. The minimum atomic E-state index is -0.372. The summed E-state index contributed by atoms with van der Waals surface area (Å²) in [5.74, 6) is -0.637. The second-order valence-electron chi connectivity index (χ2n) is 7.64. The number of hydrogen-bond acceptors (Lipinski definition) is 4. The number of nitrogens with zero attached hydrogens (tertiary/aromatic N) is 3. The van der Waals surface area contributed by atoms with Crippen molar-refractivity contribution in [1.29, 1.82) is 0 Å². The second-order valence-corrected chi connectivity index (χ2v) is 7.64. The Morgan fingerprint density at radius 1 is 0.933 bits per heavy atom. The average Bonchev–Trinajstić information content (AvgIpc) is 2.75. The molecule has 2 aromatic carbocycles. The van der Waals surface area contributed by atoms with Crippen molar-refractivity contribution in [3.05, 3.63) is 70.8 Å². The van der Waals surface area contributed by atoms with E-state index in [1.807, 2.05) is 19.9 Å². The Hall–Kier alpha value is -3.35. The van der Waals surface area contributed by atoms with Gasteiger partial charge in [0.05, 0.1) is 22.4 Å². The Morgan fingerprint density at radius 3 is 2.20 bits per heavy atom. The summed E-state index contributed by atoms with van der Waals surface area (Å²) in [4.78, 5) is 36.1. The minimum absolute atomic E-state index is 0.0142. The zero-order valence-corrected chi connectivity index (χ0v) is 17.0. The third-order valence-corrected chi connectivity index (χ3v) is 5.55. The number of carbonyl (C=O) groups is 2. The molecule has 0 saturated carbocycles. The van der Waals surface area contributed by atoms with Gasteiger partial charge in [-0.15, -0.1) is 0 Å². The standard InChI is InChI=1S/C23H23FN4O2/c1-14-15(2)26-21-13-17(5-8-20(21)25-14)23(30)28-11-9-19(10-12-28)27-22(29)16-3-6-18(24)7-4-16/h3-8,13,19H,9-12H2,1-2H3,(H,27,29). The van der Waals surface area contributed by atoms with Crippen molar-refractivity contribution in [1.82, 2.24) is 20.2 Å². The molecule has 0 unspecified atom stereocenters. The number of hydrogen-bond donors (Lipinski definition) is 1. The van der Waals surface area contributed by atoms with Gasteiger partial charge in [0.25, 0.3) is 11.8 Å². The third kappa shape index (κ3) is 4.15. The van der Waals surface area contributed by atoms with Gasteiger partial charge >= 0.3 is 0 Å². The van der Waals surface area contributed by atoms with E-state index in [1.165, 1.54) is 24.3 Å². The van der Waals surface area contributed by atoms with Gasteiger partial charge < -0.3 is 10.2 Å². The fourth-order valence-electron chi connectivity index (χ4n) is 3.64. The molecular formula is C23H23FN4O2. The topological polar surface area (TPSA) is 75.2 Å². The maximum absolute atomic E-state index is 13.0. The van der Waals surface area contributed by atoms with Crippen molar-refractivity contribution in [2.45, 2.75) is 32.7 Å². The van der Waals surface area contributed by atoms with E-state index in [9.17, 15) is 14.0 Å². The van der Waals surface area contributed by atoms with E-state index in [0.29, 0.717) is 42.6 Å². The fourth-order valence-corrected chi connectivity index (χ4v) is 3.64. The molecule has 0 spiro atoms. The molecule has 4 rings (SSSR count). The molecule has 1 aliphatic heterocycles. The predicted molar refractivity (Wildman–Crippen MR) is 112 cm³/mol. The molecule has 1 N–H and O–H groups in total. The summed E-state index contributed by atoms with van der Waals surface area (Å²) < 4.78 is 13.0. The first-order chi connectivity index (χ1) is 14.4. The van der Waals surface area contributed by atoms with Crippen LogP contribution in [0.3, 0.4) is 0 Å². The smallest absolute Gasteiger partial charge is 0.253 e. The van der Waals surface area contributed by atoms with Crippen LogP contribution in [0, 0.1) is 19.7 Å². The minimum Gasteiger partial charge on any atom is -0.349 e.